The maximum atomic E-state index is 6.20. The minimum absolute atomic E-state index is 0.324. The Hall–Kier alpha value is -1.22. The molecule has 2 atom stereocenters. The van der Waals surface area contributed by atoms with Crippen LogP contribution in [-0.2, 0) is 5.41 Å². The van der Waals surface area contributed by atoms with Crippen molar-refractivity contribution in [2.24, 2.45) is 5.92 Å². The van der Waals surface area contributed by atoms with Gasteiger partial charge in [0, 0.05) is 11.5 Å². The Balaban J connectivity index is 1.59. The second-order valence-electron chi connectivity index (χ2n) is 8.77. The van der Waals surface area contributed by atoms with Crippen LogP contribution in [0.15, 0.2) is 18.2 Å². The molecule has 1 unspecified atom stereocenters. The third-order valence-electron chi connectivity index (χ3n) is 6.88. The van der Waals surface area contributed by atoms with Gasteiger partial charge in [0.2, 0.25) is 0 Å². The van der Waals surface area contributed by atoms with Crippen molar-refractivity contribution in [3.63, 3.8) is 0 Å². The molecule has 0 N–H and O–H groups in total. The molecule has 3 nitrogen and oxygen atoms in total. The summed E-state index contributed by atoms with van der Waals surface area (Å²) >= 11 is 0. The molecule has 1 aliphatic heterocycles. The van der Waals surface area contributed by atoms with Crippen molar-refractivity contribution in [1.82, 2.24) is 4.90 Å². The molecule has 2 saturated carbocycles. The standard InChI is InChI=1S/C23H35NO2/c1-3-4-15-25-21-16-19(10-11-20(21)26-17-18-8-9-18)23-12-6-5-7-22(23)24(2)14-13-23/h10-11,16,18,22H,3-9,12-15,17H2,1-2H3/t22?,23-/m0/s1. The maximum Gasteiger partial charge on any atom is 0.161 e. The van der Waals surface area contributed by atoms with Gasteiger partial charge in [-0.05, 0) is 75.7 Å². The molecule has 26 heavy (non-hydrogen) atoms. The maximum absolute atomic E-state index is 6.20. The quantitative estimate of drug-likeness (QED) is 0.599. The largest absolute Gasteiger partial charge is 0.490 e. The van der Waals surface area contributed by atoms with Crippen molar-refractivity contribution in [3.8, 4) is 11.5 Å². The molecule has 0 bridgehead atoms. The third kappa shape index (κ3) is 3.60. The van der Waals surface area contributed by atoms with E-state index in [4.69, 9.17) is 9.47 Å². The normalized spacial score (nSPS) is 28.8. The van der Waals surface area contributed by atoms with Crippen LogP contribution < -0.4 is 9.47 Å². The Morgan fingerprint density at radius 2 is 1.96 bits per heavy atom. The highest BCUT2D eigenvalue weighted by atomic mass is 16.5. The topological polar surface area (TPSA) is 21.7 Å². The fraction of sp³-hybridized carbons (Fsp3) is 0.739. The van der Waals surface area contributed by atoms with Crippen LogP contribution in [0.25, 0.3) is 0 Å². The zero-order valence-electron chi connectivity index (χ0n) is 16.6. The van der Waals surface area contributed by atoms with E-state index in [1.54, 1.807) is 0 Å². The van der Waals surface area contributed by atoms with Gasteiger partial charge in [0.25, 0.3) is 0 Å². The number of unbranched alkanes of at least 4 members (excludes halogenated alkanes) is 1. The van der Waals surface area contributed by atoms with Crippen LogP contribution >= 0.6 is 0 Å². The van der Waals surface area contributed by atoms with E-state index < -0.39 is 0 Å². The van der Waals surface area contributed by atoms with Gasteiger partial charge in [-0.2, -0.15) is 0 Å². The zero-order chi connectivity index (χ0) is 18.0. The second kappa shape index (κ2) is 7.80. The summed E-state index contributed by atoms with van der Waals surface area (Å²) in [6.07, 6.45) is 11.6. The van der Waals surface area contributed by atoms with Crippen molar-refractivity contribution in [2.45, 2.75) is 76.2 Å². The molecule has 144 valence electrons. The van der Waals surface area contributed by atoms with E-state index in [2.05, 4.69) is 37.1 Å². The number of likely N-dealkylation sites (N-methyl/N-ethyl adjacent to an activating group) is 1. The fourth-order valence-corrected chi connectivity index (χ4v) is 5.04. The van der Waals surface area contributed by atoms with Crippen molar-refractivity contribution >= 4 is 0 Å². The van der Waals surface area contributed by atoms with E-state index >= 15 is 0 Å². The van der Waals surface area contributed by atoms with E-state index in [0.717, 1.165) is 43.5 Å². The molecule has 2 aliphatic carbocycles. The Kier molecular flexibility index (Phi) is 5.45. The van der Waals surface area contributed by atoms with E-state index in [1.165, 1.54) is 57.1 Å². The van der Waals surface area contributed by atoms with Gasteiger partial charge in [-0.25, -0.2) is 0 Å². The van der Waals surface area contributed by atoms with Crippen LogP contribution in [0.1, 0.15) is 70.3 Å². The number of rotatable bonds is 8. The predicted molar refractivity (Wildman–Crippen MR) is 106 cm³/mol. The summed E-state index contributed by atoms with van der Waals surface area (Å²) in [5, 5.41) is 0. The monoisotopic (exact) mass is 357 g/mol. The molecule has 0 amide bonds. The molecule has 1 aromatic carbocycles. The second-order valence-corrected chi connectivity index (χ2v) is 8.77. The first kappa shape index (κ1) is 18.2. The van der Waals surface area contributed by atoms with Gasteiger partial charge >= 0.3 is 0 Å². The van der Waals surface area contributed by atoms with Crippen molar-refractivity contribution in [2.75, 3.05) is 26.8 Å². The smallest absolute Gasteiger partial charge is 0.161 e. The molecule has 3 aliphatic rings. The number of hydrogen-bond acceptors (Lipinski definition) is 3. The lowest BCUT2D eigenvalue weighted by molar-refractivity contribution is 0.181. The highest BCUT2D eigenvalue weighted by Crippen LogP contribution is 2.49. The molecule has 0 aromatic heterocycles. The highest BCUT2D eigenvalue weighted by molar-refractivity contribution is 5.46. The molecule has 3 heteroatoms. The summed E-state index contributed by atoms with van der Waals surface area (Å²) in [4.78, 5) is 2.59. The minimum atomic E-state index is 0.324. The number of ether oxygens (including phenoxy) is 2. The van der Waals surface area contributed by atoms with Gasteiger partial charge in [0.15, 0.2) is 11.5 Å². The van der Waals surface area contributed by atoms with Crippen molar-refractivity contribution in [3.05, 3.63) is 23.8 Å². The van der Waals surface area contributed by atoms with E-state index in [-0.39, 0.29) is 0 Å². The van der Waals surface area contributed by atoms with E-state index in [9.17, 15) is 0 Å². The lowest BCUT2D eigenvalue weighted by Crippen LogP contribution is -2.43. The Morgan fingerprint density at radius 3 is 2.77 bits per heavy atom. The first-order valence-corrected chi connectivity index (χ1v) is 10.8. The van der Waals surface area contributed by atoms with Gasteiger partial charge < -0.3 is 14.4 Å². The summed E-state index contributed by atoms with van der Waals surface area (Å²) in [5.41, 5.74) is 1.81. The van der Waals surface area contributed by atoms with Crippen LogP contribution in [0.4, 0.5) is 0 Å². The van der Waals surface area contributed by atoms with Crippen molar-refractivity contribution in [1.29, 1.82) is 0 Å². The van der Waals surface area contributed by atoms with Crippen LogP contribution in [0.5, 0.6) is 11.5 Å². The summed E-state index contributed by atoms with van der Waals surface area (Å²) in [7, 11) is 2.31. The number of likely N-dealkylation sites (tertiary alicyclic amines) is 1. The molecule has 1 heterocycles. The highest BCUT2D eigenvalue weighted by Gasteiger charge is 2.48. The molecule has 0 radical (unpaired) electrons. The van der Waals surface area contributed by atoms with Gasteiger partial charge in [0.05, 0.1) is 13.2 Å². The van der Waals surface area contributed by atoms with E-state index in [1.807, 2.05) is 0 Å². The number of hydrogen-bond donors (Lipinski definition) is 0. The Morgan fingerprint density at radius 1 is 1.08 bits per heavy atom. The lowest BCUT2D eigenvalue weighted by Gasteiger charge is -2.42. The first-order chi connectivity index (χ1) is 12.7. The van der Waals surface area contributed by atoms with Crippen molar-refractivity contribution < 1.29 is 9.47 Å². The molecule has 0 spiro atoms. The van der Waals surface area contributed by atoms with Gasteiger partial charge in [0.1, 0.15) is 0 Å². The summed E-state index contributed by atoms with van der Waals surface area (Å²) in [6.45, 7) is 5.07. The van der Waals surface area contributed by atoms with Crippen LogP contribution in [0, 0.1) is 5.92 Å². The summed E-state index contributed by atoms with van der Waals surface area (Å²) in [6, 6.07) is 7.55. The Bertz CT molecular complexity index is 608. The van der Waals surface area contributed by atoms with E-state index in [0.29, 0.717) is 11.5 Å². The zero-order valence-corrected chi connectivity index (χ0v) is 16.6. The molecule has 1 aromatic rings. The SMILES string of the molecule is CCCCOc1cc([C@@]23CCCCC2N(C)CC3)ccc1OCC1CC1. The van der Waals surface area contributed by atoms with Gasteiger partial charge in [-0.1, -0.05) is 32.3 Å². The number of nitrogens with zero attached hydrogens (tertiary/aromatic N) is 1. The average Bonchev–Trinajstić information content (AvgIpc) is 3.44. The molecular formula is C23H35NO2. The number of fused-ring (bicyclic) bond motifs is 1. The number of benzene rings is 1. The lowest BCUT2D eigenvalue weighted by atomic mass is 9.66. The van der Waals surface area contributed by atoms with Gasteiger partial charge in [-0.3, -0.25) is 0 Å². The fourth-order valence-electron chi connectivity index (χ4n) is 5.04. The third-order valence-corrected chi connectivity index (χ3v) is 6.88. The summed E-state index contributed by atoms with van der Waals surface area (Å²) < 4.78 is 12.3. The molecule has 4 rings (SSSR count). The van der Waals surface area contributed by atoms with Crippen LogP contribution in [0.2, 0.25) is 0 Å². The van der Waals surface area contributed by atoms with Crippen LogP contribution in [0.3, 0.4) is 0 Å². The predicted octanol–water partition coefficient (Wildman–Crippen LogP) is 5.17. The molecular weight excluding hydrogens is 322 g/mol. The molecule has 1 saturated heterocycles. The summed E-state index contributed by atoms with van der Waals surface area (Å²) in [5.74, 6) is 2.69. The van der Waals surface area contributed by atoms with Gasteiger partial charge in [-0.15, -0.1) is 0 Å². The van der Waals surface area contributed by atoms with Crippen LogP contribution in [-0.4, -0.2) is 37.7 Å². The minimum Gasteiger partial charge on any atom is -0.490 e. The first-order valence-electron chi connectivity index (χ1n) is 10.8. The average molecular weight is 358 g/mol. The molecule has 3 fully saturated rings. The Labute approximate surface area is 159 Å².